The zero-order chi connectivity index (χ0) is 16.3. The first-order valence-corrected chi connectivity index (χ1v) is 7.42. The maximum atomic E-state index is 12.3. The second-order valence-electron chi connectivity index (χ2n) is 6.93. The lowest BCUT2D eigenvalue weighted by Gasteiger charge is -2.43. The average molecular weight is 297 g/mol. The molecule has 0 aromatic carbocycles. The van der Waals surface area contributed by atoms with Gasteiger partial charge in [-0.15, -0.1) is 0 Å². The molecule has 0 unspecified atom stereocenters. The third-order valence-corrected chi connectivity index (χ3v) is 3.27. The molecule has 1 aliphatic heterocycles. The standard InChI is InChI=1S/C16H27NO4/c1-7-20-13(18)10-12-8-9-17(16(5,6)11-12)14(19)21-15(2,3)4/h10H,7-9,11H2,1-6H3/b12-10-. The van der Waals surface area contributed by atoms with Crippen molar-refractivity contribution < 1.29 is 19.1 Å². The molecule has 0 aromatic heterocycles. The van der Waals surface area contributed by atoms with Crippen LogP contribution >= 0.6 is 0 Å². The number of rotatable bonds is 2. The SMILES string of the molecule is CCOC(=O)/C=C1/CCN(C(=O)OC(C)(C)C)C(C)(C)C1. The Morgan fingerprint density at radius 1 is 1.33 bits per heavy atom. The van der Waals surface area contributed by atoms with Gasteiger partial charge in [-0.3, -0.25) is 0 Å². The summed E-state index contributed by atoms with van der Waals surface area (Å²) in [6, 6.07) is 0. The van der Waals surface area contributed by atoms with Gasteiger partial charge in [-0.1, -0.05) is 5.57 Å². The van der Waals surface area contributed by atoms with Crippen LogP contribution < -0.4 is 0 Å². The Kier molecular flexibility index (Phi) is 5.42. The van der Waals surface area contributed by atoms with E-state index in [0.717, 1.165) is 5.57 Å². The summed E-state index contributed by atoms with van der Waals surface area (Å²) in [5.74, 6) is -0.311. The second kappa shape index (κ2) is 6.50. The molecule has 0 bridgehead atoms. The fourth-order valence-electron chi connectivity index (χ4n) is 2.43. The lowest BCUT2D eigenvalue weighted by molar-refractivity contribution is -0.137. The third-order valence-electron chi connectivity index (χ3n) is 3.27. The molecule has 1 fully saturated rings. The summed E-state index contributed by atoms with van der Waals surface area (Å²) in [6.07, 6.45) is 2.56. The molecule has 0 radical (unpaired) electrons. The number of carbonyl (C=O) groups is 2. The number of hydrogen-bond acceptors (Lipinski definition) is 4. The predicted molar refractivity (Wildman–Crippen MR) is 81.0 cm³/mol. The maximum Gasteiger partial charge on any atom is 0.410 e. The molecule has 0 aliphatic carbocycles. The fraction of sp³-hybridized carbons (Fsp3) is 0.750. The van der Waals surface area contributed by atoms with E-state index < -0.39 is 5.60 Å². The molecule has 1 amide bonds. The highest BCUT2D eigenvalue weighted by atomic mass is 16.6. The summed E-state index contributed by atoms with van der Waals surface area (Å²) in [5, 5.41) is 0. The van der Waals surface area contributed by atoms with Gasteiger partial charge in [0.05, 0.1) is 6.61 Å². The number of ether oxygens (including phenoxy) is 2. The van der Waals surface area contributed by atoms with Crippen molar-refractivity contribution >= 4 is 12.1 Å². The first-order chi connectivity index (χ1) is 9.55. The molecule has 120 valence electrons. The topological polar surface area (TPSA) is 55.8 Å². The molecule has 1 heterocycles. The van der Waals surface area contributed by atoms with E-state index in [1.807, 2.05) is 34.6 Å². The van der Waals surface area contributed by atoms with E-state index >= 15 is 0 Å². The summed E-state index contributed by atoms with van der Waals surface area (Å²) in [7, 11) is 0. The number of likely N-dealkylation sites (tertiary alicyclic amines) is 1. The zero-order valence-electron chi connectivity index (χ0n) is 14.0. The molecule has 0 atom stereocenters. The van der Waals surface area contributed by atoms with Gasteiger partial charge in [-0.05, 0) is 54.4 Å². The number of piperidine rings is 1. The van der Waals surface area contributed by atoms with Crippen LogP contribution in [0.3, 0.4) is 0 Å². The minimum atomic E-state index is -0.506. The van der Waals surface area contributed by atoms with Gasteiger partial charge >= 0.3 is 12.1 Å². The minimum absolute atomic E-state index is 0.303. The highest BCUT2D eigenvalue weighted by Gasteiger charge is 2.37. The summed E-state index contributed by atoms with van der Waals surface area (Å²) in [6.45, 7) is 12.2. The lowest BCUT2D eigenvalue weighted by atomic mass is 9.87. The Balaban J connectivity index is 2.75. The Hall–Kier alpha value is -1.52. The highest BCUT2D eigenvalue weighted by molar-refractivity contribution is 5.83. The van der Waals surface area contributed by atoms with Crippen LogP contribution in [0, 0.1) is 0 Å². The summed E-state index contributed by atoms with van der Waals surface area (Å²) < 4.78 is 10.4. The van der Waals surface area contributed by atoms with Gasteiger partial charge < -0.3 is 14.4 Å². The van der Waals surface area contributed by atoms with Crippen molar-refractivity contribution in [3.05, 3.63) is 11.6 Å². The Labute approximate surface area is 127 Å². The van der Waals surface area contributed by atoms with Gasteiger partial charge in [0, 0.05) is 18.2 Å². The number of nitrogens with zero attached hydrogens (tertiary/aromatic N) is 1. The van der Waals surface area contributed by atoms with Crippen LogP contribution in [0.15, 0.2) is 11.6 Å². The Morgan fingerprint density at radius 2 is 1.95 bits per heavy atom. The zero-order valence-corrected chi connectivity index (χ0v) is 14.0. The average Bonchev–Trinajstić information content (AvgIpc) is 2.24. The first-order valence-electron chi connectivity index (χ1n) is 7.42. The van der Waals surface area contributed by atoms with E-state index in [9.17, 15) is 9.59 Å². The largest absolute Gasteiger partial charge is 0.463 e. The Bertz CT molecular complexity index is 432. The number of hydrogen-bond donors (Lipinski definition) is 0. The summed E-state index contributed by atoms with van der Waals surface area (Å²) >= 11 is 0. The van der Waals surface area contributed by atoms with E-state index in [-0.39, 0.29) is 17.6 Å². The molecule has 1 rings (SSSR count). The lowest BCUT2D eigenvalue weighted by Crippen LogP contribution is -2.52. The molecule has 0 spiro atoms. The maximum absolute atomic E-state index is 12.3. The molecule has 1 aliphatic rings. The van der Waals surface area contributed by atoms with E-state index in [4.69, 9.17) is 9.47 Å². The summed E-state index contributed by atoms with van der Waals surface area (Å²) in [5.41, 5.74) is 0.130. The monoisotopic (exact) mass is 297 g/mol. The minimum Gasteiger partial charge on any atom is -0.463 e. The van der Waals surface area contributed by atoms with Gasteiger partial charge in [0.2, 0.25) is 0 Å². The first kappa shape index (κ1) is 17.5. The van der Waals surface area contributed by atoms with Crippen LogP contribution in [0.25, 0.3) is 0 Å². The van der Waals surface area contributed by atoms with Crippen molar-refractivity contribution in [1.82, 2.24) is 4.90 Å². The van der Waals surface area contributed by atoms with Gasteiger partial charge in [-0.2, -0.15) is 0 Å². The number of carbonyl (C=O) groups excluding carboxylic acids is 2. The highest BCUT2D eigenvalue weighted by Crippen LogP contribution is 2.32. The van der Waals surface area contributed by atoms with Gasteiger partial charge in [0.25, 0.3) is 0 Å². The molecular weight excluding hydrogens is 270 g/mol. The van der Waals surface area contributed by atoms with Crippen molar-refractivity contribution in [3.8, 4) is 0 Å². The third kappa shape index (κ3) is 5.40. The van der Waals surface area contributed by atoms with E-state index in [2.05, 4.69) is 0 Å². The molecule has 0 aromatic rings. The predicted octanol–water partition coefficient (Wildman–Crippen LogP) is 3.29. The van der Waals surface area contributed by atoms with E-state index in [1.165, 1.54) is 0 Å². The smallest absolute Gasteiger partial charge is 0.410 e. The molecule has 5 nitrogen and oxygen atoms in total. The van der Waals surface area contributed by atoms with Crippen LogP contribution in [0.2, 0.25) is 0 Å². The van der Waals surface area contributed by atoms with Crippen molar-refractivity contribution in [2.24, 2.45) is 0 Å². The number of esters is 1. The van der Waals surface area contributed by atoms with Crippen molar-refractivity contribution in [1.29, 1.82) is 0 Å². The van der Waals surface area contributed by atoms with Crippen LogP contribution in [-0.4, -0.2) is 41.3 Å². The summed E-state index contributed by atoms with van der Waals surface area (Å²) in [4.78, 5) is 25.5. The van der Waals surface area contributed by atoms with Crippen molar-refractivity contribution in [2.45, 2.75) is 65.5 Å². The van der Waals surface area contributed by atoms with Gasteiger partial charge in [-0.25, -0.2) is 9.59 Å². The van der Waals surface area contributed by atoms with Crippen LogP contribution in [0.5, 0.6) is 0 Å². The second-order valence-corrected chi connectivity index (χ2v) is 6.93. The van der Waals surface area contributed by atoms with E-state index in [0.29, 0.717) is 26.0 Å². The fourth-order valence-corrected chi connectivity index (χ4v) is 2.43. The molecule has 21 heavy (non-hydrogen) atoms. The molecule has 1 saturated heterocycles. The van der Waals surface area contributed by atoms with Crippen molar-refractivity contribution in [3.63, 3.8) is 0 Å². The van der Waals surface area contributed by atoms with Crippen molar-refractivity contribution in [2.75, 3.05) is 13.2 Å². The quantitative estimate of drug-likeness (QED) is 0.580. The normalized spacial score (nSPS) is 20.3. The van der Waals surface area contributed by atoms with E-state index in [1.54, 1.807) is 17.9 Å². The van der Waals surface area contributed by atoms with Crippen LogP contribution in [0.1, 0.15) is 54.4 Å². The van der Waals surface area contributed by atoms with Gasteiger partial charge in [0.15, 0.2) is 0 Å². The molecule has 5 heteroatoms. The Morgan fingerprint density at radius 3 is 2.43 bits per heavy atom. The van der Waals surface area contributed by atoms with Crippen LogP contribution in [-0.2, 0) is 14.3 Å². The number of amides is 1. The van der Waals surface area contributed by atoms with Crippen LogP contribution in [0.4, 0.5) is 4.79 Å². The molecular formula is C16H27NO4. The molecule has 0 N–H and O–H groups in total. The molecule has 0 saturated carbocycles. The van der Waals surface area contributed by atoms with Gasteiger partial charge in [0.1, 0.15) is 5.60 Å².